The summed E-state index contributed by atoms with van der Waals surface area (Å²) in [4.78, 5) is 14.6. The van der Waals surface area contributed by atoms with Crippen molar-refractivity contribution >= 4 is 35.2 Å². The fourth-order valence-corrected chi connectivity index (χ4v) is 4.58. The van der Waals surface area contributed by atoms with Gasteiger partial charge >= 0.3 is 0 Å². The molecular weight excluding hydrogens is 406 g/mol. The lowest BCUT2D eigenvalue weighted by Crippen LogP contribution is -2.34. The maximum absolute atomic E-state index is 12.3. The lowest BCUT2D eigenvalue weighted by atomic mass is 10.00. The molecular formula is C21H28ClN5OS. The first-order valence-electron chi connectivity index (χ1n) is 10.4. The number of benzene rings is 1. The Morgan fingerprint density at radius 1 is 1.17 bits per heavy atom. The van der Waals surface area contributed by atoms with Crippen LogP contribution in [0.1, 0.15) is 44.2 Å². The van der Waals surface area contributed by atoms with Crippen molar-refractivity contribution in [1.82, 2.24) is 20.1 Å². The van der Waals surface area contributed by atoms with E-state index in [2.05, 4.69) is 31.9 Å². The Hall–Kier alpha value is -1.73. The molecule has 1 saturated heterocycles. The number of nitrogens with zero attached hydrogens (tertiary/aromatic N) is 4. The van der Waals surface area contributed by atoms with Gasteiger partial charge in [-0.05, 0) is 55.7 Å². The van der Waals surface area contributed by atoms with Crippen LogP contribution in [0.5, 0.6) is 0 Å². The minimum atomic E-state index is 0.0302. The number of carbonyl (C=O) groups excluding carboxylic acids is 1. The molecule has 1 aromatic carbocycles. The number of piperidine rings is 1. The van der Waals surface area contributed by atoms with Crippen molar-refractivity contribution in [3.63, 3.8) is 0 Å². The van der Waals surface area contributed by atoms with E-state index in [0.29, 0.717) is 18.3 Å². The Morgan fingerprint density at radius 2 is 1.90 bits per heavy atom. The molecule has 6 nitrogen and oxygen atoms in total. The summed E-state index contributed by atoms with van der Waals surface area (Å²) in [5, 5.41) is 13.5. The van der Waals surface area contributed by atoms with Gasteiger partial charge in [0.15, 0.2) is 5.16 Å². The van der Waals surface area contributed by atoms with Crippen LogP contribution in [-0.4, -0.2) is 46.1 Å². The highest BCUT2D eigenvalue weighted by Crippen LogP contribution is 2.41. The van der Waals surface area contributed by atoms with E-state index in [0.717, 1.165) is 47.1 Å². The Kier molecular flexibility index (Phi) is 6.65. The second-order valence-electron chi connectivity index (χ2n) is 8.07. The maximum Gasteiger partial charge on any atom is 0.230 e. The Labute approximate surface area is 181 Å². The van der Waals surface area contributed by atoms with Crippen molar-refractivity contribution in [2.24, 2.45) is 5.92 Å². The molecule has 0 spiro atoms. The van der Waals surface area contributed by atoms with Gasteiger partial charge < -0.3 is 10.2 Å². The number of aromatic nitrogens is 3. The number of rotatable bonds is 8. The van der Waals surface area contributed by atoms with E-state index in [4.69, 9.17) is 11.6 Å². The average molecular weight is 434 g/mol. The van der Waals surface area contributed by atoms with E-state index in [-0.39, 0.29) is 5.91 Å². The molecule has 2 aromatic rings. The number of thioether (sulfide) groups is 1. The summed E-state index contributed by atoms with van der Waals surface area (Å²) in [7, 11) is 0. The number of hydrogen-bond donors (Lipinski definition) is 1. The van der Waals surface area contributed by atoms with E-state index in [1.807, 2.05) is 24.3 Å². The Morgan fingerprint density at radius 3 is 2.59 bits per heavy atom. The fraction of sp³-hybridized carbons (Fsp3) is 0.571. The molecule has 1 aromatic heterocycles. The number of halogens is 1. The summed E-state index contributed by atoms with van der Waals surface area (Å²) in [6, 6.07) is 8.23. The second-order valence-corrected chi connectivity index (χ2v) is 9.45. The van der Waals surface area contributed by atoms with E-state index < -0.39 is 0 Å². The van der Waals surface area contributed by atoms with Gasteiger partial charge in [-0.3, -0.25) is 9.36 Å². The molecule has 0 bridgehead atoms. The van der Waals surface area contributed by atoms with E-state index in [9.17, 15) is 4.79 Å². The van der Waals surface area contributed by atoms with Gasteiger partial charge in [-0.1, -0.05) is 42.4 Å². The standard InChI is InChI=1S/C21H28ClN5OS/c1-15-9-12-26(13-10-15)20-24-25-21(27(20)18-6-7-18)29-14-19(28)23-11-8-16-2-4-17(22)5-3-16/h2-5,15,18H,6-14H2,1H3,(H,23,28). The number of carbonyl (C=O) groups is 1. The van der Waals surface area contributed by atoms with Gasteiger partial charge in [0.2, 0.25) is 11.9 Å². The SMILES string of the molecule is CC1CCN(c2nnc(SCC(=O)NCCc3ccc(Cl)cc3)n2C2CC2)CC1. The lowest BCUT2D eigenvalue weighted by molar-refractivity contribution is -0.118. The summed E-state index contributed by atoms with van der Waals surface area (Å²) in [6.45, 7) is 5.02. The van der Waals surface area contributed by atoms with Crippen LogP contribution in [0, 0.1) is 5.92 Å². The van der Waals surface area contributed by atoms with Crippen molar-refractivity contribution in [3.8, 4) is 0 Å². The van der Waals surface area contributed by atoms with E-state index in [1.165, 1.54) is 37.4 Å². The largest absolute Gasteiger partial charge is 0.355 e. The molecule has 0 atom stereocenters. The maximum atomic E-state index is 12.3. The van der Waals surface area contributed by atoms with Gasteiger partial charge in [0.25, 0.3) is 0 Å². The first-order chi connectivity index (χ1) is 14.1. The van der Waals surface area contributed by atoms with Crippen molar-refractivity contribution in [3.05, 3.63) is 34.9 Å². The van der Waals surface area contributed by atoms with Gasteiger partial charge in [0.1, 0.15) is 0 Å². The monoisotopic (exact) mass is 433 g/mol. The molecule has 0 radical (unpaired) electrons. The van der Waals surface area contributed by atoms with E-state index in [1.54, 1.807) is 0 Å². The van der Waals surface area contributed by atoms with Crippen molar-refractivity contribution in [2.75, 3.05) is 30.3 Å². The zero-order valence-electron chi connectivity index (χ0n) is 16.8. The molecule has 2 fully saturated rings. The first kappa shape index (κ1) is 20.5. The molecule has 4 rings (SSSR count). The molecule has 1 saturated carbocycles. The Balaban J connectivity index is 1.29. The summed E-state index contributed by atoms with van der Waals surface area (Å²) in [5.74, 6) is 2.17. The molecule has 156 valence electrons. The van der Waals surface area contributed by atoms with Crippen LogP contribution < -0.4 is 10.2 Å². The minimum absolute atomic E-state index is 0.0302. The normalized spacial score (nSPS) is 17.5. The predicted octanol–water partition coefficient (Wildman–Crippen LogP) is 3.95. The van der Waals surface area contributed by atoms with Crippen LogP contribution in [-0.2, 0) is 11.2 Å². The third-order valence-electron chi connectivity index (χ3n) is 5.61. The number of nitrogens with one attached hydrogen (secondary N) is 1. The smallest absolute Gasteiger partial charge is 0.230 e. The zero-order chi connectivity index (χ0) is 20.2. The molecule has 2 aliphatic rings. The van der Waals surface area contributed by atoms with Gasteiger partial charge in [-0.2, -0.15) is 0 Å². The highest BCUT2D eigenvalue weighted by molar-refractivity contribution is 7.99. The van der Waals surface area contributed by atoms with Gasteiger partial charge in [-0.25, -0.2) is 0 Å². The average Bonchev–Trinajstić information content (AvgIpc) is 3.48. The van der Waals surface area contributed by atoms with Crippen molar-refractivity contribution in [2.45, 2.75) is 50.2 Å². The lowest BCUT2D eigenvalue weighted by Gasteiger charge is -2.31. The zero-order valence-corrected chi connectivity index (χ0v) is 18.4. The first-order valence-corrected chi connectivity index (χ1v) is 11.8. The van der Waals surface area contributed by atoms with Crippen LogP contribution >= 0.6 is 23.4 Å². The topological polar surface area (TPSA) is 63.1 Å². The molecule has 1 N–H and O–H groups in total. The minimum Gasteiger partial charge on any atom is -0.355 e. The highest BCUT2D eigenvalue weighted by atomic mass is 35.5. The van der Waals surface area contributed by atoms with Gasteiger partial charge in [0, 0.05) is 30.7 Å². The molecule has 1 aliphatic carbocycles. The number of hydrogen-bond acceptors (Lipinski definition) is 5. The van der Waals surface area contributed by atoms with Gasteiger partial charge in [0.05, 0.1) is 5.75 Å². The molecule has 8 heteroatoms. The van der Waals surface area contributed by atoms with Crippen LogP contribution in [0.4, 0.5) is 5.95 Å². The highest BCUT2D eigenvalue weighted by Gasteiger charge is 2.32. The number of anilines is 1. The van der Waals surface area contributed by atoms with E-state index >= 15 is 0 Å². The van der Waals surface area contributed by atoms with Crippen LogP contribution in [0.2, 0.25) is 5.02 Å². The van der Waals surface area contributed by atoms with Crippen LogP contribution in [0.15, 0.2) is 29.4 Å². The molecule has 0 unspecified atom stereocenters. The summed E-state index contributed by atoms with van der Waals surface area (Å²) < 4.78 is 2.27. The quantitative estimate of drug-likeness (QED) is 0.638. The predicted molar refractivity (Wildman–Crippen MR) is 118 cm³/mol. The third kappa shape index (κ3) is 5.45. The number of amides is 1. The van der Waals surface area contributed by atoms with Crippen molar-refractivity contribution < 1.29 is 4.79 Å². The summed E-state index contributed by atoms with van der Waals surface area (Å²) in [6.07, 6.45) is 5.56. The van der Waals surface area contributed by atoms with Gasteiger partial charge in [-0.15, -0.1) is 10.2 Å². The molecule has 1 amide bonds. The fourth-order valence-electron chi connectivity index (χ4n) is 3.62. The second kappa shape index (κ2) is 9.39. The third-order valence-corrected chi connectivity index (χ3v) is 6.80. The Bertz CT molecular complexity index is 828. The van der Waals surface area contributed by atoms with Crippen molar-refractivity contribution in [1.29, 1.82) is 0 Å². The summed E-state index contributed by atoms with van der Waals surface area (Å²) in [5.41, 5.74) is 1.16. The molecule has 1 aliphatic heterocycles. The van der Waals surface area contributed by atoms with Crippen LogP contribution in [0.25, 0.3) is 0 Å². The summed E-state index contributed by atoms with van der Waals surface area (Å²) >= 11 is 7.39. The molecule has 29 heavy (non-hydrogen) atoms. The molecule has 2 heterocycles. The van der Waals surface area contributed by atoms with Crippen LogP contribution in [0.3, 0.4) is 0 Å².